The number of likely N-dealkylation sites (N-methyl/N-ethyl adjacent to an activating group) is 1. The van der Waals surface area contributed by atoms with Crippen LogP contribution in [-0.2, 0) is 5.41 Å². The van der Waals surface area contributed by atoms with Gasteiger partial charge in [-0.3, -0.25) is 0 Å². The third-order valence-electron chi connectivity index (χ3n) is 3.96. The molecule has 1 aromatic carbocycles. The van der Waals surface area contributed by atoms with Crippen LogP contribution in [0.15, 0.2) is 24.3 Å². The summed E-state index contributed by atoms with van der Waals surface area (Å²) in [5.74, 6) is 0.250. The topological polar surface area (TPSA) is 23.5 Å². The Morgan fingerprint density at radius 1 is 1.44 bits per heavy atom. The van der Waals surface area contributed by atoms with E-state index in [4.69, 9.17) is 4.11 Å². The van der Waals surface area contributed by atoms with Crippen molar-refractivity contribution in [3.63, 3.8) is 0 Å². The molecule has 1 unspecified atom stereocenters. The highest BCUT2D eigenvalue weighted by Crippen LogP contribution is 2.37. The van der Waals surface area contributed by atoms with Crippen LogP contribution in [0.25, 0.3) is 0 Å². The number of phenolic OH excluding ortho intramolecular Hbond substituents is 1. The molecule has 1 N–H and O–H groups in total. The number of likely N-dealkylation sites (tertiary alicyclic amines) is 1. The van der Waals surface area contributed by atoms with Crippen molar-refractivity contribution < 1.29 is 9.22 Å². The molecule has 18 heavy (non-hydrogen) atoms. The fourth-order valence-electron chi connectivity index (χ4n) is 2.85. The van der Waals surface area contributed by atoms with Crippen LogP contribution >= 0.6 is 12.4 Å². The maximum Gasteiger partial charge on any atom is 0.115 e. The van der Waals surface area contributed by atoms with Gasteiger partial charge in [-0.05, 0) is 50.5 Å². The number of nitrogens with zero attached hydrogens (tertiary/aromatic N) is 1. The van der Waals surface area contributed by atoms with Crippen molar-refractivity contribution in [2.24, 2.45) is 0 Å². The average molecular weight is 274 g/mol. The molecule has 1 heterocycles. The normalized spacial score (nSPS) is 28.4. The van der Waals surface area contributed by atoms with Gasteiger partial charge in [0.05, 0.1) is 0 Å². The van der Waals surface area contributed by atoms with E-state index in [0.717, 1.165) is 31.2 Å². The molecule has 2 nitrogen and oxygen atoms in total. The molecule has 102 valence electrons. The minimum absolute atomic E-state index is 0. The smallest absolute Gasteiger partial charge is 0.115 e. The summed E-state index contributed by atoms with van der Waals surface area (Å²) in [6, 6.07) is 7.29. The zero-order valence-corrected chi connectivity index (χ0v) is 11.7. The predicted octanol–water partition coefficient (Wildman–Crippen LogP) is 3.58. The molecule has 1 aliphatic rings. The maximum absolute atomic E-state index is 9.73. The number of benzene rings is 1. The van der Waals surface area contributed by atoms with Crippen LogP contribution in [0.3, 0.4) is 0 Å². The Hall–Kier alpha value is -0.730. The van der Waals surface area contributed by atoms with E-state index in [2.05, 4.69) is 6.92 Å². The van der Waals surface area contributed by atoms with Gasteiger partial charge < -0.3 is 10.0 Å². The average Bonchev–Trinajstić information content (AvgIpc) is 2.61. The van der Waals surface area contributed by atoms with Gasteiger partial charge in [0, 0.05) is 16.1 Å². The van der Waals surface area contributed by atoms with E-state index < -0.39 is 6.98 Å². The highest BCUT2D eigenvalue weighted by atomic mass is 35.5. The fraction of sp³-hybridized carbons (Fsp3) is 0.600. The number of hydrogen-bond donors (Lipinski definition) is 1. The molecule has 0 amide bonds. The van der Waals surface area contributed by atoms with E-state index in [0.29, 0.717) is 13.1 Å². The van der Waals surface area contributed by atoms with Gasteiger partial charge in [0.15, 0.2) is 0 Å². The summed E-state index contributed by atoms with van der Waals surface area (Å²) >= 11 is 0. The summed E-state index contributed by atoms with van der Waals surface area (Å²) in [6.45, 7) is 1.22. The van der Waals surface area contributed by atoms with Gasteiger partial charge in [0.2, 0.25) is 0 Å². The molecule has 3 heteroatoms. The first-order valence-electron chi connectivity index (χ1n) is 7.92. The van der Waals surface area contributed by atoms with E-state index in [1.165, 1.54) is 0 Å². The van der Waals surface area contributed by atoms with E-state index in [-0.39, 0.29) is 23.6 Å². The minimum Gasteiger partial charge on any atom is -0.508 e. The molecule has 1 atom stereocenters. The summed E-state index contributed by atoms with van der Waals surface area (Å²) in [6.07, 6.45) is 3.79. The Balaban J connectivity index is 0.00000220. The lowest BCUT2D eigenvalue weighted by Crippen LogP contribution is -2.37. The summed E-state index contributed by atoms with van der Waals surface area (Å²) < 4.78 is 23.1. The molecule has 0 spiro atoms. The molecule has 0 aliphatic carbocycles. The minimum atomic E-state index is -2.04. The largest absolute Gasteiger partial charge is 0.508 e. The third-order valence-corrected chi connectivity index (χ3v) is 3.96. The first-order chi connectivity index (χ1) is 9.37. The van der Waals surface area contributed by atoms with Crippen LogP contribution in [0.2, 0.25) is 0 Å². The lowest BCUT2D eigenvalue weighted by atomic mass is 9.74. The van der Waals surface area contributed by atoms with Gasteiger partial charge in [-0.15, -0.1) is 12.4 Å². The summed E-state index contributed by atoms with van der Waals surface area (Å²) in [5.41, 5.74) is 0.875. The van der Waals surface area contributed by atoms with Gasteiger partial charge >= 0.3 is 0 Å². The quantitative estimate of drug-likeness (QED) is 0.833. The molecule has 1 saturated heterocycles. The van der Waals surface area contributed by atoms with Gasteiger partial charge in [0.25, 0.3) is 0 Å². The van der Waals surface area contributed by atoms with Crippen molar-refractivity contribution in [2.45, 2.75) is 38.0 Å². The number of hydrogen-bond acceptors (Lipinski definition) is 2. The Labute approximate surface area is 121 Å². The standard InChI is InChI=1S/C15H23NO.ClH/c1-3-15(9-4-5-10-16(2)12-15)13-7-6-8-14(17)11-13;/h6-8,11,17H,3-5,9-10,12H2,1-2H3;1H/i2+1D3;. The van der Waals surface area contributed by atoms with E-state index in [1.807, 2.05) is 12.1 Å². The summed E-state index contributed by atoms with van der Waals surface area (Å²) in [4.78, 5) is 1.62. The highest BCUT2D eigenvalue weighted by Gasteiger charge is 2.33. The fourth-order valence-corrected chi connectivity index (χ4v) is 2.85. The molecular formula is C15H24ClNO. The SMILES string of the molecule is Cl.[2H][13C]([2H])([2H])N1CCCCC(CC)(c2cccc(O)c2)C1. The molecule has 0 radical (unpaired) electrons. The Kier molecular flexibility index (Phi) is 3.98. The molecule has 0 aromatic heterocycles. The van der Waals surface area contributed by atoms with Crippen molar-refractivity contribution in [3.8, 4) is 5.75 Å². The lowest BCUT2D eigenvalue weighted by Gasteiger charge is -2.35. The van der Waals surface area contributed by atoms with Gasteiger partial charge in [-0.1, -0.05) is 25.5 Å². The number of halogens is 1. The molecule has 0 bridgehead atoms. The molecule has 2 rings (SSSR count). The number of rotatable bonds is 2. The maximum atomic E-state index is 9.73. The number of aromatic hydroxyl groups is 1. The molecule has 1 fully saturated rings. The van der Waals surface area contributed by atoms with Crippen molar-refractivity contribution >= 4 is 12.4 Å². The van der Waals surface area contributed by atoms with E-state index >= 15 is 0 Å². The molecule has 1 aromatic rings. The second kappa shape index (κ2) is 6.44. The van der Waals surface area contributed by atoms with E-state index in [1.54, 1.807) is 17.0 Å². The van der Waals surface area contributed by atoms with Crippen LogP contribution in [-0.4, -0.2) is 30.1 Å². The van der Waals surface area contributed by atoms with Crippen LogP contribution in [0.4, 0.5) is 0 Å². The first kappa shape index (κ1) is 11.1. The Bertz CT molecular complexity index is 466. The Morgan fingerprint density at radius 3 is 2.94 bits per heavy atom. The summed E-state index contributed by atoms with van der Waals surface area (Å²) in [7, 11) is 0. The van der Waals surface area contributed by atoms with Crippen LogP contribution in [0.5, 0.6) is 5.75 Å². The molecule has 1 aliphatic heterocycles. The Morgan fingerprint density at radius 2 is 2.28 bits per heavy atom. The van der Waals surface area contributed by atoms with E-state index in [9.17, 15) is 5.11 Å². The van der Waals surface area contributed by atoms with Crippen LogP contribution < -0.4 is 0 Å². The summed E-state index contributed by atoms with van der Waals surface area (Å²) in [5, 5.41) is 9.73. The van der Waals surface area contributed by atoms with Crippen molar-refractivity contribution in [3.05, 3.63) is 29.8 Å². The second-order valence-electron chi connectivity index (χ2n) is 5.06. The molecular weight excluding hydrogens is 247 g/mol. The van der Waals surface area contributed by atoms with Gasteiger partial charge in [-0.25, -0.2) is 0 Å². The van der Waals surface area contributed by atoms with Crippen molar-refractivity contribution in [2.75, 3.05) is 20.1 Å². The zero-order valence-electron chi connectivity index (χ0n) is 13.9. The predicted molar refractivity (Wildman–Crippen MR) is 78.7 cm³/mol. The monoisotopic (exact) mass is 273 g/mol. The van der Waals surface area contributed by atoms with Gasteiger partial charge in [0.1, 0.15) is 5.75 Å². The number of phenols is 1. The van der Waals surface area contributed by atoms with Gasteiger partial charge in [-0.2, -0.15) is 0 Å². The molecule has 0 saturated carbocycles. The van der Waals surface area contributed by atoms with Crippen LogP contribution in [0, 0.1) is 0 Å². The van der Waals surface area contributed by atoms with Crippen molar-refractivity contribution in [1.82, 2.24) is 4.90 Å². The lowest BCUT2D eigenvalue weighted by molar-refractivity contribution is 0.256. The highest BCUT2D eigenvalue weighted by molar-refractivity contribution is 5.85. The third kappa shape index (κ3) is 3.18. The second-order valence-corrected chi connectivity index (χ2v) is 5.06. The van der Waals surface area contributed by atoms with Crippen molar-refractivity contribution in [1.29, 1.82) is 0 Å². The first-order valence-corrected chi connectivity index (χ1v) is 6.42. The zero-order chi connectivity index (χ0) is 14.8. The van der Waals surface area contributed by atoms with Crippen LogP contribution in [0.1, 0.15) is 42.3 Å².